The SMILES string of the molecule is Nc1ncnc2c1ncn2C1CCN(Cc2ccc(-c3nc4cccnc4nc3-c3ccccc3)cc2)CC1. The van der Waals surface area contributed by atoms with Crippen molar-refractivity contribution in [3.63, 3.8) is 0 Å². The molecular formula is C30H27N9. The van der Waals surface area contributed by atoms with Gasteiger partial charge in [-0.3, -0.25) is 4.90 Å². The minimum atomic E-state index is 0.361. The molecule has 7 rings (SSSR count). The van der Waals surface area contributed by atoms with Crippen molar-refractivity contribution in [2.45, 2.75) is 25.4 Å². The number of aromatic nitrogens is 7. The molecule has 0 radical (unpaired) electrons. The normalized spacial score (nSPS) is 14.8. The molecule has 1 aliphatic rings. The molecule has 9 heteroatoms. The standard InChI is InChI=1S/C30H27N9/c31-28-27-30(34-18-33-28)39(19-35-27)23-12-15-38(16-13-23)17-20-8-10-22(11-9-20)25-26(21-5-2-1-3-6-21)37-29-24(36-25)7-4-14-32-29/h1-11,14,18-19,23H,12-13,15-17H2,(H2,31,33,34). The van der Waals surface area contributed by atoms with Crippen molar-refractivity contribution >= 4 is 28.1 Å². The number of hydrogen-bond donors (Lipinski definition) is 1. The molecule has 0 aliphatic carbocycles. The Hall–Kier alpha value is -4.76. The molecule has 0 amide bonds. The highest BCUT2D eigenvalue weighted by Crippen LogP contribution is 2.31. The first-order valence-electron chi connectivity index (χ1n) is 13.2. The molecule has 39 heavy (non-hydrogen) atoms. The number of imidazole rings is 1. The van der Waals surface area contributed by atoms with Gasteiger partial charge in [0.1, 0.15) is 17.4 Å². The Morgan fingerprint density at radius 3 is 2.36 bits per heavy atom. The topological polar surface area (TPSA) is 112 Å². The van der Waals surface area contributed by atoms with Gasteiger partial charge in [0, 0.05) is 43.0 Å². The van der Waals surface area contributed by atoms with Gasteiger partial charge in [-0.15, -0.1) is 0 Å². The van der Waals surface area contributed by atoms with Gasteiger partial charge in [-0.1, -0.05) is 54.6 Å². The molecule has 0 saturated carbocycles. The van der Waals surface area contributed by atoms with Crippen LogP contribution in [-0.2, 0) is 6.54 Å². The van der Waals surface area contributed by atoms with Crippen LogP contribution in [0.3, 0.4) is 0 Å². The number of nitrogens with two attached hydrogens (primary N) is 1. The average molecular weight is 514 g/mol. The fourth-order valence-corrected chi connectivity index (χ4v) is 5.41. The molecule has 5 heterocycles. The summed E-state index contributed by atoms with van der Waals surface area (Å²) in [4.78, 5) is 29.7. The number of piperidine rings is 1. The zero-order valence-electron chi connectivity index (χ0n) is 21.4. The Labute approximate surface area is 225 Å². The van der Waals surface area contributed by atoms with Gasteiger partial charge in [-0.05, 0) is 30.5 Å². The summed E-state index contributed by atoms with van der Waals surface area (Å²) in [6, 6.07) is 23.1. The monoisotopic (exact) mass is 513 g/mol. The van der Waals surface area contributed by atoms with Crippen LogP contribution in [0.25, 0.3) is 44.8 Å². The highest BCUT2D eigenvalue weighted by Gasteiger charge is 2.23. The van der Waals surface area contributed by atoms with E-state index in [4.69, 9.17) is 15.7 Å². The van der Waals surface area contributed by atoms with E-state index in [1.807, 2.05) is 36.7 Å². The van der Waals surface area contributed by atoms with Crippen LogP contribution in [0.1, 0.15) is 24.4 Å². The van der Waals surface area contributed by atoms with E-state index in [9.17, 15) is 0 Å². The van der Waals surface area contributed by atoms with Crippen molar-refractivity contribution in [3.8, 4) is 22.5 Å². The largest absolute Gasteiger partial charge is 0.382 e. The number of fused-ring (bicyclic) bond motifs is 2. The lowest BCUT2D eigenvalue weighted by atomic mass is 10.0. The zero-order valence-corrected chi connectivity index (χ0v) is 21.4. The van der Waals surface area contributed by atoms with Crippen LogP contribution in [0.5, 0.6) is 0 Å². The van der Waals surface area contributed by atoms with Crippen LogP contribution in [0.15, 0.2) is 85.6 Å². The lowest BCUT2D eigenvalue weighted by molar-refractivity contribution is 0.181. The van der Waals surface area contributed by atoms with E-state index in [2.05, 4.69) is 65.8 Å². The molecule has 2 N–H and O–H groups in total. The summed E-state index contributed by atoms with van der Waals surface area (Å²) in [5, 5.41) is 0. The zero-order chi connectivity index (χ0) is 26.2. The number of pyridine rings is 1. The maximum absolute atomic E-state index is 5.97. The second-order valence-electron chi connectivity index (χ2n) is 9.92. The molecule has 1 saturated heterocycles. The first kappa shape index (κ1) is 23.4. The predicted molar refractivity (Wildman–Crippen MR) is 151 cm³/mol. The fraction of sp³-hybridized carbons (Fsp3) is 0.200. The van der Waals surface area contributed by atoms with Gasteiger partial charge >= 0.3 is 0 Å². The van der Waals surface area contributed by atoms with Crippen molar-refractivity contribution < 1.29 is 0 Å². The van der Waals surface area contributed by atoms with Gasteiger partial charge in [-0.2, -0.15) is 0 Å². The number of hydrogen-bond acceptors (Lipinski definition) is 8. The van der Waals surface area contributed by atoms with Crippen molar-refractivity contribution in [2.24, 2.45) is 0 Å². The van der Waals surface area contributed by atoms with Gasteiger partial charge in [0.25, 0.3) is 0 Å². The quantitative estimate of drug-likeness (QED) is 0.346. The van der Waals surface area contributed by atoms with Crippen molar-refractivity contribution in [2.75, 3.05) is 18.8 Å². The summed E-state index contributed by atoms with van der Waals surface area (Å²) in [5.41, 5.74) is 14.0. The Morgan fingerprint density at radius 1 is 0.769 bits per heavy atom. The third-order valence-electron chi connectivity index (χ3n) is 7.46. The van der Waals surface area contributed by atoms with Crippen molar-refractivity contribution in [3.05, 3.63) is 91.1 Å². The molecule has 1 fully saturated rings. The summed E-state index contributed by atoms with van der Waals surface area (Å²) in [5.74, 6) is 0.432. The minimum absolute atomic E-state index is 0.361. The highest BCUT2D eigenvalue weighted by atomic mass is 15.2. The number of likely N-dealkylation sites (tertiary alicyclic amines) is 1. The van der Waals surface area contributed by atoms with E-state index in [1.165, 1.54) is 11.9 Å². The van der Waals surface area contributed by atoms with E-state index in [1.54, 1.807) is 6.20 Å². The molecule has 2 aromatic carbocycles. The number of nitrogens with zero attached hydrogens (tertiary/aromatic N) is 8. The van der Waals surface area contributed by atoms with Gasteiger partial charge in [0.15, 0.2) is 17.1 Å². The molecule has 0 atom stereocenters. The molecule has 0 unspecified atom stereocenters. The fourth-order valence-electron chi connectivity index (χ4n) is 5.41. The van der Waals surface area contributed by atoms with Gasteiger partial charge in [0.05, 0.1) is 17.7 Å². The van der Waals surface area contributed by atoms with Gasteiger partial charge < -0.3 is 10.3 Å². The van der Waals surface area contributed by atoms with Crippen LogP contribution < -0.4 is 5.73 Å². The van der Waals surface area contributed by atoms with Crippen LogP contribution in [0.2, 0.25) is 0 Å². The first-order valence-corrected chi connectivity index (χ1v) is 13.2. The maximum atomic E-state index is 5.97. The Balaban J connectivity index is 1.09. The molecule has 0 bridgehead atoms. The van der Waals surface area contributed by atoms with E-state index < -0.39 is 0 Å². The molecule has 192 valence electrons. The second kappa shape index (κ2) is 9.85. The number of benzene rings is 2. The lowest BCUT2D eigenvalue weighted by Gasteiger charge is -2.32. The molecule has 6 aromatic rings. The maximum Gasteiger partial charge on any atom is 0.178 e. The summed E-state index contributed by atoms with van der Waals surface area (Å²) in [6.45, 7) is 2.92. The van der Waals surface area contributed by atoms with Crippen LogP contribution in [-0.4, -0.2) is 52.5 Å². The Bertz CT molecular complexity index is 1760. The third kappa shape index (κ3) is 4.46. The van der Waals surface area contributed by atoms with Gasteiger partial charge in [-0.25, -0.2) is 29.9 Å². The number of anilines is 1. The van der Waals surface area contributed by atoms with Crippen LogP contribution in [0, 0.1) is 0 Å². The third-order valence-corrected chi connectivity index (χ3v) is 7.46. The summed E-state index contributed by atoms with van der Waals surface area (Å²) >= 11 is 0. The molecule has 0 spiro atoms. The molecule has 4 aromatic heterocycles. The molecule has 1 aliphatic heterocycles. The van der Waals surface area contributed by atoms with Crippen LogP contribution in [0.4, 0.5) is 5.82 Å². The van der Waals surface area contributed by atoms with E-state index in [0.717, 1.165) is 66.2 Å². The molecule has 9 nitrogen and oxygen atoms in total. The first-order chi connectivity index (χ1) is 19.2. The summed E-state index contributed by atoms with van der Waals surface area (Å²) in [7, 11) is 0. The summed E-state index contributed by atoms with van der Waals surface area (Å²) < 4.78 is 2.16. The van der Waals surface area contributed by atoms with E-state index in [-0.39, 0.29) is 0 Å². The number of nitrogen functional groups attached to an aromatic ring is 1. The highest BCUT2D eigenvalue weighted by molar-refractivity contribution is 5.84. The van der Waals surface area contributed by atoms with E-state index in [0.29, 0.717) is 23.0 Å². The van der Waals surface area contributed by atoms with E-state index >= 15 is 0 Å². The summed E-state index contributed by atoms with van der Waals surface area (Å²) in [6.07, 6.45) is 7.19. The Kier molecular flexibility index (Phi) is 5.90. The lowest BCUT2D eigenvalue weighted by Crippen LogP contribution is -2.34. The molecular weight excluding hydrogens is 486 g/mol. The van der Waals surface area contributed by atoms with Crippen LogP contribution >= 0.6 is 0 Å². The van der Waals surface area contributed by atoms with Gasteiger partial charge in [0.2, 0.25) is 0 Å². The average Bonchev–Trinajstić information content (AvgIpc) is 3.43. The number of rotatable bonds is 5. The van der Waals surface area contributed by atoms with Crippen molar-refractivity contribution in [1.29, 1.82) is 0 Å². The minimum Gasteiger partial charge on any atom is -0.382 e. The second-order valence-corrected chi connectivity index (χ2v) is 9.92. The van der Waals surface area contributed by atoms with Crippen molar-refractivity contribution in [1.82, 2.24) is 39.4 Å². The Morgan fingerprint density at radius 2 is 1.54 bits per heavy atom. The smallest absolute Gasteiger partial charge is 0.178 e. The predicted octanol–water partition coefficient (Wildman–Crippen LogP) is 4.92.